The number of likely N-dealkylation sites (tertiary alicyclic amines) is 1. The van der Waals surface area contributed by atoms with E-state index in [1.165, 1.54) is 6.07 Å². The Hall–Kier alpha value is -3.32. The molecule has 0 saturated carbocycles. The molecular formula is C27H30FN5O. The van der Waals surface area contributed by atoms with Crippen LogP contribution in [-0.2, 0) is 6.42 Å². The molecule has 1 atom stereocenters. The molecule has 0 N–H and O–H groups in total. The van der Waals surface area contributed by atoms with Crippen LogP contribution >= 0.6 is 0 Å². The molecule has 0 radical (unpaired) electrons. The number of benzene rings is 1. The average molecular weight is 460 g/mol. The first-order valence-electron chi connectivity index (χ1n) is 12.0. The molecule has 0 aliphatic carbocycles. The number of likely N-dealkylation sites (N-methyl/N-ethyl adjacent to an activating group) is 1. The van der Waals surface area contributed by atoms with Crippen LogP contribution in [0.3, 0.4) is 0 Å². The van der Waals surface area contributed by atoms with Gasteiger partial charge in [0, 0.05) is 56.6 Å². The van der Waals surface area contributed by atoms with Gasteiger partial charge in [-0.1, -0.05) is 24.3 Å². The topological polar surface area (TPSA) is 52.6 Å². The Balaban J connectivity index is 1.34. The van der Waals surface area contributed by atoms with E-state index >= 15 is 0 Å². The van der Waals surface area contributed by atoms with Gasteiger partial charge in [-0.15, -0.1) is 0 Å². The molecule has 2 aliphatic heterocycles. The molecule has 0 unspecified atom stereocenters. The molecule has 1 amide bonds. The minimum atomic E-state index is -0.221. The van der Waals surface area contributed by atoms with Crippen molar-refractivity contribution in [3.63, 3.8) is 0 Å². The van der Waals surface area contributed by atoms with Gasteiger partial charge in [0.2, 0.25) is 0 Å². The van der Waals surface area contributed by atoms with Gasteiger partial charge in [-0.3, -0.25) is 9.78 Å². The predicted molar refractivity (Wildman–Crippen MR) is 130 cm³/mol. The summed E-state index contributed by atoms with van der Waals surface area (Å²) in [6.45, 7) is 4.50. The number of anilines is 1. The lowest BCUT2D eigenvalue weighted by molar-refractivity contribution is 0.0732. The molecule has 0 spiro atoms. The molecule has 176 valence electrons. The SMILES string of the molecule is CN1CCN(c2cc(C(=O)N3CCC[C@@H]3c3cccc(Cc4ccccc4F)n3)ccn2)CC1. The van der Waals surface area contributed by atoms with Crippen LogP contribution in [0, 0.1) is 5.82 Å². The number of hydrogen-bond acceptors (Lipinski definition) is 5. The van der Waals surface area contributed by atoms with Gasteiger partial charge in [0.05, 0.1) is 11.7 Å². The summed E-state index contributed by atoms with van der Waals surface area (Å²) < 4.78 is 14.1. The van der Waals surface area contributed by atoms with E-state index in [4.69, 9.17) is 4.98 Å². The third-order valence-electron chi connectivity index (χ3n) is 6.83. The Morgan fingerprint density at radius 2 is 1.85 bits per heavy atom. The van der Waals surface area contributed by atoms with Gasteiger partial charge in [0.1, 0.15) is 11.6 Å². The molecule has 2 aromatic heterocycles. The largest absolute Gasteiger partial charge is 0.354 e. The second-order valence-corrected chi connectivity index (χ2v) is 9.17. The molecule has 2 aliphatic rings. The minimum absolute atomic E-state index is 0.0154. The molecule has 5 rings (SSSR count). The molecule has 1 aromatic carbocycles. The summed E-state index contributed by atoms with van der Waals surface area (Å²) >= 11 is 0. The van der Waals surface area contributed by atoms with E-state index in [-0.39, 0.29) is 17.8 Å². The summed E-state index contributed by atoms with van der Waals surface area (Å²) in [6.07, 6.45) is 3.98. The molecule has 6 nitrogen and oxygen atoms in total. The summed E-state index contributed by atoms with van der Waals surface area (Å²) in [5, 5.41) is 0. The van der Waals surface area contributed by atoms with E-state index in [2.05, 4.69) is 21.8 Å². The fourth-order valence-electron chi connectivity index (χ4n) is 4.86. The van der Waals surface area contributed by atoms with Crippen LogP contribution in [0.5, 0.6) is 0 Å². The third kappa shape index (κ3) is 4.80. The normalized spacial score (nSPS) is 18.9. The number of piperazine rings is 1. The average Bonchev–Trinajstić information content (AvgIpc) is 3.36. The van der Waals surface area contributed by atoms with Gasteiger partial charge >= 0.3 is 0 Å². The number of carbonyl (C=O) groups excluding carboxylic acids is 1. The second kappa shape index (κ2) is 9.89. The highest BCUT2D eigenvalue weighted by Gasteiger charge is 2.32. The summed E-state index contributed by atoms with van der Waals surface area (Å²) in [6, 6.07) is 16.3. The molecule has 7 heteroatoms. The van der Waals surface area contributed by atoms with Gasteiger partial charge in [0.25, 0.3) is 5.91 Å². The van der Waals surface area contributed by atoms with E-state index in [1.807, 2.05) is 35.2 Å². The number of aromatic nitrogens is 2. The first kappa shape index (κ1) is 22.5. The number of pyridine rings is 2. The maximum absolute atomic E-state index is 14.1. The van der Waals surface area contributed by atoms with Crippen molar-refractivity contribution >= 4 is 11.7 Å². The lowest BCUT2D eigenvalue weighted by Crippen LogP contribution is -2.44. The number of halogens is 1. The first-order chi connectivity index (χ1) is 16.6. The van der Waals surface area contributed by atoms with Crippen molar-refractivity contribution in [3.8, 4) is 0 Å². The zero-order valence-electron chi connectivity index (χ0n) is 19.5. The van der Waals surface area contributed by atoms with Crippen LogP contribution in [0.2, 0.25) is 0 Å². The lowest BCUT2D eigenvalue weighted by Gasteiger charge is -2.33. The molecule has 34 heavy (non-hydrogen) atoms. The van der Waals surface area contributed by atoms with Crippen LogP contribution in [0.4, 0.5) is 10.2 Å². The summed E-state index contributed by atoms with van der Waals surface area (Å²) in [5.41, 5.74) is 2.97. The monoisotopic (exact) mass is 459 g/mol. The zero-order valence-corrected chi connectivity index (χ0v) is 19.5. The molecule has 2 fully saturated rings. The summed E-state index contributed by atoms with van der Waals surface area (Å²) in [5.74, 6) is 0.655. The lowest BCUT2D eigenvalue weighted by atomic mass is 10.1. The van der Waals surface area contributed by atoms with Gasteiger partial charge in [-0.2, -0.15) is 0 Å². The van der Waals surface area contributed by atoms with Crippen LogP contribution in [-0.4, -0.2) is 65.4 Å². The van der Waals surface area contributed by atoms with Crippen LogP contribution in [0.25, 0.3) is 0 Å². The number of amides is 1. The van der Waals surface area contributed by atoms with E-state index in [0.29, 0.717) is 24.1 Å². The van der Waals surface area contributed by atoms with Crippen molar-refractivity contribution in [2.45, 2.75) is 25.3 Å². The fraction of sp³-hybridized carbons (Fsp3) is 0.370. The van der Waals surface area contributed by atoms with Crippen LogP contribution in [0.15, 0.2) is 60.8 Å². The van der Waals surface area contributed by atoms with Gasteiger partial charge in [-0.25, -0.2) is 9.37 Å². The molecule has 3 aromatic rings. The van der Waals surface area contributed by atoms with Gasteiger partial charge in [0.15, 0.2) is 0 Å². The second-order valence-electron chi connectivity index (χ2n) is 9.17. The third-order valence-corrected chi connectivity index (χ3v) is 6.83. The zero-order chi connectivity index (χ0) is 23.5. The van der Waals surface area contributed by atoms with E-state index in [9.17, 15) is 9.18 Å². The highest BCUT2D eigenvalue weighted by atomic mass is 19.1. The van der Waals surface area contributed by atoms with Crippen molar-refractivity contribution in [1.29, 1.82) is 0 Å². The Labute approximate surface area is 200 Å². The van der Waals surface area contributed by atoms with Crippen molar-refractivity contribution in [2.24, 2.45) is 0 Å². The fourth-order valence-corrected chi connectivity index (χ4v) is 4.86. The first-order valence-corrected chi connectivity index (χ1v) is 12.0. The molecule has 0 bridgehead atoms. The Bertz CT molecular complexity index is 1160. The van der Waals surface area contributed by atoms with E-state index < -0.39 is 0 Å². The van der Waals surface area contributed by atoms with E-state index in [0.717, 1.165) is 56.2 Å². The highest BCUT2D eigenvalue weighted by molar-refractivity contribution is 5.95. The predicted octanol–water partition coefficient (Wildman–Crippen LogP) is 3.94. The van der Waals surface area contributed by atoms with Crippen molar-refractivity contribution < 1.29 is 9.18 Å². The minimum Gasteiger partial charge on any atom is -0.354 e. The number of hydrogen-bond donors (Lipinski definition) is 0. The summed E-state index contributed by atoms with van der Waals surface area (Å²) in [4.78, 5) is 29.4. The maximum atomic E-state index is 14.1. The van der Waals surface area contributed by atoms with Crippen LogP contribution < -0.4 is 4.90 Å². The van der Waals surface area contributed by atoms with Crippen LogP contribution in [0.1, 0.15) is 46.2 Å². The molecular weight excluding hydrogens is 429 g/mol. The van der Waals surface area contributed by atoms with Gasteiger partial charge in [-0.05, 0) is 55.8 Å². The Morgan fingerprint density at radius 1 is 1.03 bits per heavy atom. The standard InChI is InChI=1S/C27H30FN5O/c1-31-14-16-32(17-15-31)26-19-21(11-12-29-26)27(34)33-13-5-10-25(33)24-9-4-7-22(30-24)18-20-6-2-3-8-23(20)28/h2-4,6-9,11-12,19,25H,5,10,13-18H2,1H3/t25-/m1/s1. The maximum Gasteiger partial charge on any atom is 0.254 e. The summed E-state index contributed by atoms with van der Waals surface area (Å²) in [7, 11) is 2.12. The molecule has 4 heterocycles. The Morgan fingerprint density at radius 3 is 2.68 bits per heavy atom. The smallest absolute Gasteiger partial charge is 0.254 e. The Kier molecular flexibility index (Phi) is 6.54. The molecule has 2 saturated heterocycles. The van der Waals surface area contributed by atoms with Crippen molar-refractivity contribution in [2.75, 3.05) is 44.7 Å². The quantitative estimate of drug-likeness (QED) is 0.579. The van der Waals surface area contributed by atoms with E-state index in [1.54, 1.807) is 24.4 Å². The number of rotatable bonds is 5. The number of carbonyl (C=O) groups is 1. The highest BCUT2D eigenvalue weighted by Crippen LogP contribution is 2.33. The van der Waals surface area contributed by atoms with Gasteiger partial charge < -0.3 is 14.7 Å². The number of nitrogens with zero attached hydrogens (tertiary/aromatic N) is 5. The van der Waals surface area contributed by atoms with Crippen molar-refractivity contribution in [1.82, 2.24) is 19.8 Å². The van der Waals surface area contributed by atoms with Crippen molar-refractivity contribution in [3.05, 3.63) is 89.1 Å².